The van der Waals surface area contributed by atoms with Gasteiger partial charge in [-0.3, -0.25) is 14.5 Å². The number of aromatic nitrogens is 1. The number of carbonyl (C=O) groups excluding carboxylic acids is 1. The van der Waals surface area contributed by atoms with Gasteiger partial charge in [0, 0.05) is 25.7 Å². The van der Waals surface area contributed by atoms with Crippen LogP contribution in [-0.2, 0) is 4.79 Å². The largest absolute Gasteiger partial charge is 0.370 e. The fourth-order valence-electron chi connectivity index (χ4n) is 2.47. The van der Waals surface area contributed by atoms with Crippen LogP contribution in [0.3, 0.4) is 0 Å². The molecule has 0 radical (unpaired) electrons. The highest BCUT2D eigenvalue weighted by Crippen LogP contribution is 2.17. The Kier molecular flexibility index (Phi) is 6.34. The molecule has 7 nitrogen and oxygen atoms in total. The van der Waals surface area contributed by atoms with Crippen LogP contribution in [0, 0.1) is 17.9 Å². The number of rotatable bonds is 7. The van der Waals surface area contributed by atoms with Crippen molar-refractivity contribution < 1.29 is 4.79 Å². The van der Waals surface area contributed by atoms with Crippen molar-refractivity contribution in [1.29, 1.82) is 5.26 Å². The van der Waals surface area contributed by atoms with Gasteiger partial charge in [0.2, 0.25) is 5.91 Å². The zero-order chi connectivity index (χ0) is 16.5. The van der Waals surface area contributed by atoms with E-state index in [2.05, 4.69) is 20.5 Å². The summed E-state index contributed by atoms with van der Waals surface area (Å²) in [5, 5.41) is 15.0. The molecule has 0 aliphatic carbocycles. The first-order valence-electron chi connectivity index (χ1n) is 7.71. The second-order valence-corrected chi connectivity index (χ2v) is 5.34. The lowest BCUT2D eigenvalue weighted by Gasteiger charge is -2.16. The van der Waals surface area contributed by atoms with Crippen LogP contribution >= 0.6 is 0 Å². The fraction of sp³-hybridized carbons (Fsp3) is 0.500. The van der Waals surface area contributed by atoms with E-state index in [9.17, 15) is 4.79 Å². The molecule has 2 N–H and O–H groups in total. The number of anilines is 1. The normalized spacial score (nSPS) is 16.6. The Morgan fingerprint density at radius 3 is 3.09 bits per heavy atom. The molecular weight excluding hydrogens is 292 g/mol. The van der Waals surface area contributed by atoms with Crippen LogP contribution in [0.25, 0.3) is 4.85 Å². The van der Waals surface area contributed by atoms with Crippen molar-refractivity contribution in [3.05, 3.63) is 35.3 Å². The van der Waals surface area contributed by atoms with Gasteiger partial charge in [-0.1, -0.05) is 0 Å². The number of nitriles is 1. The van der Waals surface area contributed by atoms with E-state index in [4.69, 9.17) is 11.8 Å². The van der Waals surface area contributed by atoms with Crippen molar-refractivity contribution in [2.75, 3.05) is 31.5 Å². The summed E-state index contributed by atoms with van der Waals surface area (Å²) in [7, 11) is 0. The third-order valence-electron chi connectivity index (χ3n) is 3.70. The lowest BCUT2D eigenvalue weighted by molar-refractivity contribution is -0.130. The van der Waals surface area contributed by atoms with Gasteiger partial charge in [-0.2, -0.15) is 5.26 Å². The Morgan fingerprint density at radius 2 is 2.39 bits per heavy atom. The van der Waals surface area contributed by atoms with E-state index in [1.807, 2.05) is 6.07 Å². The molecule has 0 bridgehead atoms. The van der Waals surface area contributed by atoms with Crippen LogP contribution in [0.4, 0.5) is 5.82 Å². The van der Waals surface area contributed by atoms with Gasteiger partial charge in [0.1, 0.15) is 11.9 Å². The van der Waals surface area contributed by atoms with Crippen LogP contribution in [0.1, 0.15) is 24.8 Å². The number of hydrogen-bond donors (Lipinski definition) is 2. The third-order valence-corrected chi connectivity index (χ3v) is 3.70. The summed E-state index contributed by atoms with van der Waals surface area (Å²) in [6, 6.07) is 5.51. The standard InChI is InChI=1S/C16H20N6O/c1-18-15-4-2-9-22(15)16(23)12-19-7-3-8-20-14-6-5-13(10-17)11-21-14/h5-6,11,15,19H,2-4,7-9,12H2,(H,20,21)/t15-/m0/s1. The van der Waals surface area contributed by atoms with Gasteiger partial charge >= 0.3 is 6.17 Å². The lowest BCUT2D eigenvalue weighted by Crippen LogP contribution is -2.40. The van der Waals surface area contributed by atoms with E-state index in [0.29, 0.717) is 18.7 Å². The van der Waals surface area contributed by atoms with Crippen molar-refractivity contribution in [2.45, 2.75) is 25.4 Å². The van der Waals surface area contributed by atoms with Crippen molar-refractivity contribution in [1.82, 2.24) is 15.2 Å². The Morgan fingerprint density at radius 1 is 1.52 bits per heavy atom. The molecule has 0 saturated carbocycles. The number of likely N-dealkylation sites (tertiary alicyclic amines) is 1. The zero-order valence-corrected chi connectivity index (χ0v) is 13.0. The molecule has 1 fully saturated rings. The Bertz CT molecular complexity index is 600. The van der Waals surface area contributed by atoms with E-state index in [0.717, 1.165) is 31.6 Å². The van der Waals surface area contributed by atoms with E-state index < -0.39 is 0 Å². The molecule has 120 valence electrons. The smallest absolute Gasteiger partial charge is 0.300 e. The number of pyridine rings is 1. The lowest BCUT2D eigenvalue weighted by atomic mass is 10.3. The number of amides is 1. The molecule has 0 unspecified atom stereocenters. The summed E-state index contributed by atoms with van der Waals surface area (Å²) >= 11 is 0. The van der Waals surface area contributed by atoms with E-state index in [1.165, 1.54) is 6.20 Å². The number of nitrogens with zero attached hydrogens (tertiary/aromatic N) is 4. The van der Waals surface area contributed by atoms with E-state index in [-0.39, 0.29) is 18.6 Å². The highest BCUT2D eigenvalue weighted by Gasteiger charge is 2.32. The molecule has 2 rings (SSSR count). The molecule has 2 heterocycles. The maximum atomic E-state index is 12.0. The highest BCUT2D eigenvalue weighted by atomic mass is 16.2. The molecule has 0 aromatic carbocycles. The average Bonchev–Trinajstić information content (AvgIpc) is 3.07. The van der Waals surface area contributed by atoms with Gasteiger partial charge in [0.25, 0.3) is 0 Å². The maximum absolute atomic E-state index is 12.0. The molecule has 1 amide bonds. The van der Waals surface area contributed by atoms with Crippen molar-refractivity contribution in [2.24, 2.45) is 0 Å². The zero-order valence-electron chi connectivity index (χ0n) is 13.0. The number of hydrogen-bond acceptors (Lipinski definition) is 5. The fourth-order valence-corrected chi connectivity index (χ4v) is 2.47. The predicted molar refractivity (Wildman–Crippen MR) is 86.3 cm³/mol. The van der Waals surface area contributed by atoms with Gasteiger partial charge < -0.3 is 10.6 Å². The van der Waals surface area contributed by atoms with Gasteiger partial charge in [0.15, 0.2) is 0 Å². The van der Waals surface area contributed by atoms with Gasteiger partial charge in [0.05, 0.1) is 12.1 Å². The first kappa shape index (κ1) is 16.7. The monoisotopic (exact) mass is 312 g/mol. The summed E-state index contributed by atoms with van der Waals surface area (Å²) in [6.45, 7) is 9.50. The molecule has 0 spiro atoms. The molecule has 1 saturated heterocycles. The molecule has 1 aromatic rings. The Hall–Kier alpha value is -2.64. The second kappa shape index (κ2) is 8.72. The summed E-state index contributed by atoms with van der Waals surface area (Å²) in [4.78, 5) is 21.3. The average molecular weight is 312 g/mol. The summed E-state index contributed by atoms with van der Waals surface area (Å²) in [5.74, 6) is 0.738. The minimum absolute atomic E-state index is 0.00483. The van der Waals surface area contributed by atoms with E-state index in [1.54, 1.807) is 17.0 Å². The first-order valence-corrected chi connectivity index (χ1v) is 7.71. The number of carbonyl (C=O) groups is 1. The van der Waals surface area contributed by atoms with Crippen LogP contribution in [0.15, 0.2) is 18.3 Å². The molecule has 1 atom stereocenters. The third kappa shape index (κ3) is 4.94. The van der Waals surface area contributed by atoms with E-state index >= 15 is 0 Å². The molecule has 1 aliphatic rings. The quantitative estimate of drug-likeness (QED) is 0.584. The van der Waals surface area contributed by atoms with Crippen molar-refractivity contribution in [3.8, 4) is 6.07 Å². The van der Waals surface area contributed by atoms with Gasteiger partial charge in [-0.05, 0) is 31.5 Å². The van der Waals surface area contributed by atoms with Crippen molar-refractivity contribution >= 4 is 11.7 Å². The minimum Gasteiger partial charge on any atom is -0.370 e. The molecule has 23 heavy (non-hydrogen) atoms. The first-order chi connectivity index (χ1) is 11.2. The molecule has 1 aliphatic heterocycles. The van der Waals surface area contributed by atoms with Crippen molar-refractivity contribution in [3.63, 3.8) is 0 Å². The Balaban J connectivity index is 1.58. The van der Waals surface area contributed by atoms with Gasteiger partial charge in [-0.25, -0.2) is 11.6 Å². The molecule has 1 aromatic heterocycles. The Labute approximate surface area is 136 Å². The van der Waals surface area contributed by atoms with Crippen LogP contribution in [0.2, 0.25) is 0 Å². The van der Waals surface area contributed by atoms with Gasteiger partial charge in [-0.15, -0.1) is 0 Å². The molecule has 7 heteroatoms. The number of nitrogens with one attached hydrogen (secondary N) is 2. The highest BCUT2D eigenvalue weighted by molar-refractivity contribution is 5.79. The second-order valence-electron chi connectivity index (χ2n) is 5.34. The maximum Gasteiger partial charge on any atom is 0.300 e. The topological polar surface area (TPSA) is 85.4 Å². The summed E-state index contributed by atoms with van der Waals surface area (Å²) < 4.78 is 0. The van der Waals surface area contributed by atoms with Crippen LogP contribution < -0.4 is 10.6 Å². The van der Waals surface area contributed by atoms with Crippen LogP contribution in [0.5, 0.6) is 0 Å². The SMILES string of the molecule is [C-]#[N+][C@@H]1CCCN1C(=O)CNCCCNc1ccc(C#N)cn1. The summed E-state index contributed by atoms with van der Waals surface area (Å²) in [5.41, 5.74) is 0.537. The van der Waals surface area contributed by atoms with Crippen LogP contribution in [-0.4, -0.2) is 48.1 Å². The minimum atomic E-state index is -0.270. The molecular formula is C16H20N6O. The predicted octanol–water partition coefficient (Wildman–Crippen LogP) is 1.21. The summed E-state index contributed by atoms with van der Waals surface area (Å²) in [6.07, 6.45) is 3.81.